The number of halogens is 4. The molecule has 2 unspecified atom stereocenters. The van der Waals surface area contributed by atoms with Crippen molar-refractivity contribution in [2.75, 3.05) is 5.32 Å². The summed E-state index contributed by atoms with van der Waals surface area (Å²) in [7, 11) is 0. The van der Waals surface area contributed by atoms with Gasteiger partial charge in [0, 0.05) is 17.1 Å². The van der Waals surface area contributed by atoms with Crippen LogP contribution in [-0.2, 0) is 15.8 Å². The molecule has 194 valence electrons. The monoisotopic (exact) mass is 536 g/mol. The number of nitrogens with zero attached hydrogens (tertiary/aromatic N) is 1. The first-order valence-corrected chi connectivity index (χ1v) is 12.5. The first-order chi connectivity index (χ1) is 18.3. The Morgan fingerprint density at radius 2 is 1.39 bits per heavy atom. The Morgan fingerprint density at radius 3 is 1.92 bits per heavy atom. The maximum Gasteiger partial charge on any atom is 0.416 e. The van der Waals surface area contributed by atoms with E-state index in [1.807, 2.05) is 60.7 Å². The van der Waals surface area contributed by atoms with Crippen molar-refractivity contribution in [3.8, 4) is 0 Å². The van der Waals surface area contributed by atoms with E-state index in [0.29, 0.717) is 16.3 Å². The summed E-state index contributed by atoms with van der Waals surface area (Å²) in [5, 5.41) is 5.13. The molecule has 0 saturated carbocycles. The lowest BCUT2D eigenvalue weighted by molar-refractivity contribution is -0.186. The minimum absolute atomic E-state index is 0.251. The van der Waals surface area contributed by atoms with Crippen LogP contribution in [0.25, 0.3) is 0 Å². The third-order valence-electron chi connectivity index (χ3n) is 6.51. The molecule has 1 heterocycles. The van der Waals surface area contributed by atoms with Crippen molar-refractivity contribution in [3.05, 3.63) is 136 Å². The Bertz CT molecular complexity index is 1330. The molecule has 5 rings (SSSR count). The minimum atomic E-state index is -4.44. The fourth-order valence-corrected chi connectivity index (χ4v) is 4.78. The van der Waals surface area contributed by atoms with Crippen molar-refractivity contribution >= 4 is 23.2 Å². The van der Waals surface area contributed by atoms with Gasteiger partial charge in [0.05, 0.1) is 17.6 Å². The topological polar surface area (TPSA) is 41.6 Å². The molecule has 1 fully saturated rings. The van der Waals surface area contributed by atoms with E-state index in [-0.39, 0.29) is 12.3 Å². The number of hydrogen-bond acceptors (Lipinski definition) is 3. The van der Waals surface area contributed by atoms with Crippen LogP contribution in [0.15, 0.2) is 109 Å². The smallest absolute Gasteiger partial charge is 0.324 e. The lowest BCUT2D eigenvalue weighted by Gasteiger charge is -2.32. The fraction of sp³-hybridized carbons (Fsp3) is 0.167. The lowest BCUT2D eigenvalue weighted by Crippen LogP contribution is -2.32. The number of nitrogens with one attached hydrogen (secondary N) is 1. The Morgan fingerprint density at radius 1 is 0.842 bits per heavy atom. The molecule has 0 aliphatic carbocycles. The maximum atomic E-state index is 13.3. The first kappa shape index (κ1) is 26.0. The standard InChI is InChI=1S/C30H24ClF3N2O2/c31-24-15-17-25(18-16-24)35-29(37)27-19-26(20-11-13-23(14-12-20)30(32,33)34)36(38-27)28(21-7-3-1-4-8-21)22-9-5-2-6-10-22/h1-18,26-28H,19H2,(H,35,37). The van der Waals surface area contributed by atoms with Gasteiger partial charge in [0.1, 0.15) is 0 Å². The average molecular weight is 537 g/mol. The summed E-state index contributed by atoms with van der Waals surface area (Å²) >= 11 is 5.96. The number of amides is 1. The lowest BCUT2D eigenvalue weighted by atomic mass is 9.94. The molecular weight excluding hydrogens is 513 g/mol. The molecular formula is C30H24ClF3N2O2. The molecule has 38 heavy (non-hydrogen) atoms. The highest BCUT2D eigenvalue weighted by Crippen LogP contribution is 2.44. The molecule has 1 saturated heterocycles. The third kappa shape index (κ3) is 5.75. The largest absolute Gasteiger partial charge is 0.416 e. The summed E-state index contributed by atoms with van der Waals surface area (Å²) in [6.45, 7) is 0. The molecule has 0 spiro atoms. The van der Waals surface area contributed by atoms with Crippen LogP contribution in [0.2, 0.25) is 5.02 Å². The van der Waals surface area contributed by atoms with E-state index in [2.05, 4.69) is 5.32 Å². The summed E-state index contributed by atoms with van der Waals surface area (Å²) in [5.41, 5.74) is 2.31. The van der Waals surface area contributed by atoms with Gasteiger partial charge in [-0.3, -0.25) is 9.63 Å². The Labute approximate surface area is 223 Å². The van der Waals surface area contributed by atoms with Gasteiger partial charge in [-0.1, -0.05) is 84.4 Å². The molecule has 1 aliphatic rings. The molecule has 0 aromatic heterocycles. The van der Waals surface area contributed by atoms with Crippen molar-refractivity contribution in [1.29, 1.82) is 0 Å². The van der Waals surface area contributed by atoms with E-state index >= 15 is 0 Å². The summed E-state index contributed by atoms with van der Waals surface area (Å²) < 4.78 is 39.7. The number of anilines is 1. The summed E-state index contributed by atoms with van der Waals surface area (Å²) in [6, 6.07) is 30.2. The van der Waals surface area contributed by atoms with Crippen molar-refractivity contribution in [3.63, 3.8) is 0 Å². The first-order valence-electron chi connectivity index (χ1n) is 12.1. The number of alkyl halides is 3. The van der Waals surface area contributed by atoms with Crippen molar-refractivity contribution < 1.29 is 22.8 Å². The van der Waals surface area contributed by atoms with Gasteiger partial charge in [0.25, 0.3) is 5.91 Å². The normalized spacial score (nSPS) is 18.0. The predicted octanol–water partition coefficient (Wildman–Crippen LogP) is 7.83. The second-order valence-corrected chi connectivity index (χ2v) is 9.48. The molecule has 0 bridgehead atoms. The molecule has 4 aromatic rings. The van der Waals surface area contributed by atoms with Gasteiger partial charge in [-0.05, 0) is 53.1 Å². The van der Waals surface area contributed by atoms with Gasteiger partial charge in [-0.15, -0.1) is 0 Å². The highest BCUT2D eigenvalue weighted by molar-refractivity contribution is 6.30. The second kappa shape index (κ2) is 11.0. The molecule has 1 amide bonds. The van der Waals surface area contributed by atoms with E-state index in [9.17, 15) is 18.0 Å². The van der Waals surface area contributed by atoms with E-state index in [1.165, 1.54) is 12.1 Å². The predicted molar refractivity (Wildman–Crippen MR) is 140 cm³/mol. The van der Waals surface area contributed by atoms with Gasteiger partial charge in [-0.25, -0.2) is 0 Å². The Hall–Kier alpha value is -3.65. The van der Waals surface area contributed by atoms with Gasteiger partial charge >= 0.3 is 6.18 Å². The van der Waals surface area contributed by atoms with Crippen LogP contribution in [0.4, 0.5) is 18.9 Å². The fourth-order valence-electron chi connectivity index (χ4n) is 4.66. The second-order valence-electron chi connectivity index (χ2n) is 9.05. The minimum Gasteiger partial charge on any atom is -0.324 e. The van der Waals surface area contributed by atoms with E-state index in [1.54, 1.807) is 29.3 Å². The SMILES string of the molecule is O=C(Nc1ccc(Cl)cc1)C1CC(c2ccc(C(F)(F)F)cc2)N(C(c2ccccc2)c2ccccc2)O1. The highest BCUT2D eigenvalue weighted by Gasteiger charge is 2.43. The van der Waals surface area contributed by atoms with Gasteiger partial charge in [-0.2, -0.15) is 18.2 Å². The highest BCUT2D eigenvalue weighted by atomic mass is 35.5. The molecule has 1 aliphatic heterocycles. The van der Waals surface area contributed by atoms with E-state index in [0.717, 1.165) is 23.3 Å². The van der Waals surface area contributed by atoms with Crippen LogP contribution < -0.4 is 5.32 Å². The third-order valence-corrected chi connectivity index (χ3v) is 6.76. The van der Waals surface area contributed by atoms with Crippen LogP contribution in [-0.4, -0.2) is 17.1 Å². The van der Waals surface area contributed by atoms with Crippen molar-refractivity contribution in [2.45, 2.75) is 30.8 Å². The van der Waals surface area contributed by atoms with Crippen LogP contribution in [0.1, 0.15) is 40.8 Å². The van der Waals surface area contributed by atoms with Crippen LogP contribution >= 0.6 is 11.6 Å². The Kier molecular flexibility index (Phi) is 7.51. The zero-order valence-electron chi connectivity index (χ0n) is 20.1. The number of carbonyl (C=O) groups is 1. The number of benzene rings is 4. The summed E-state index contributed by atoms with van der Waals surface area (Å²) in [5.74, 6) is -0.355. The molecule has 8 heteroatoms. The summed E-state index contributed by atoms with van der Waals surface area (Å²) in [4.78, 5) is 19.6. The van der Waals surface area contributed by atoms with Crippen LogP contribution in [0.5, 0.6) is 0 Å². The maximum absolute atomic E-state index is 13.3. The number of hydrogen-bond donors (Lipinski definition) is 1. The molecule has 4 aromatic carbocycles. The average Bonchev–Trinajstić information content (AvgIpc) is 3.36. The zero-order chi connectivity index (χ0) is 26.7. The van der Waals surface area contributed by atoms with Crippen molar-refractivity contribution in [1.82, 2.24) is 5.06 Å². The van der Waals surface area contributed by atoms with E-state index in [4.69, 9.17) is 16.4 Å². The molecule has 2 atom stereocenters. The number of hydroxylamine groups is 2. The van der Waals surface area contributed by atoms with Crippen LogP contribution in [0, 0.1) is 0 Å². The molecule has 0 radical (unpaired) electrons. The number of carbonyl (C=O) groups excluding carboxylic acids is 1. The van der Waals surface area contributed by atoms with Crippen molar-refractivity contribution in [2.24, 2.45) is 0 Å². The van der Waals surface area contributed by atoms with Gasteiger partial charge < -0.3 is 5.32 Å². The Balaban J connectivity index is 1.52. The van der Waals surface area contributed by atoms with E-state index < -0.39 is 29.9 Å². The zero-order valence-corrected chi connectivity index (χ0v) is 20.9. The molecule has 1 N–H and O–H groups in total. The van der Waals surface area contributed by atoms with Gasteiger partial charge in [0.2, 0.25) is 0 Å². The quantitative estimate of drug-likeness (QED) is 0.273. The van der Waals surface area contributed by atoms with Gasteiger partial charge in [0.15, 0.2) is 6.10 Å². The molecule has 4 nitrogen and oxygen atoms in total. The number of rotatable bonds is 6. The summed E-state index contributed by atoms with van der Waals surface area (Å²) in [6.07, 6.45) is -5.06. The van der Waals surface area contributed by atoms with Crippen LogP contribution in [0.3, 0.4) is 0 Å².